The highest BCUT2D eigenvalue weighted by atomic mass is 32.2. The highest BCUT2D eigenvalue weighted by molar-refractivity contribution is 8.14. The van der Waals surface area contributed by atoms with Gasteiger partial charge in [0.2, 0.25) is 0 Å². The number of guanidine groups is 1. The SMILES string of the molecule is CC(C)SC1=NC2=NC3=C(CCCC3)C3=NCCN1N23. The first-order valence-electron chi connectivity index (χ1n) is 7.42. The molecule has 0 atom stereocenters. The van der Waals surface area contributed by atoms with Crippen LogP contribution in [0.15, 0.2) is 26.2 Å². The summed E-state index contributed by atoms with van der Waals surface area (Å²) in [5, 5.41) is 5.99. The van der Waals surface area contributed by atoms with Gasteiger partial charge in [-0.15, -0.1) is 0 Å². The molecule has 0 N–H and O–H groups in total. The standard InChI is InChI=1S/C14H19N5S/c1-9(2)20-14-17-13-16-11-6-4-3-5-10(11)12-15-7-8-18(14)19(12)13/h9H,3-8H2,1-2H3. The summed E-state index contributed by atoms with van der Waals surface area (Å²) in [4.78, 5) is 14.3. The van der Waals surface area contributed by atoms with E-state index in [0.717, 1.165) is 42.9 Å². The molecule has 3 aliphatic heterocycles. The van der Waals surface area contributed by atoms with Crippen LogP contribution in [0, 0.1) is 0 Å². The quantitative estimate of drug-likeness (QED) is 0.745. The minimum Gasteiger partial charge on any atom is -0.264 e. The van der Waals surface area contributed by atoms with Crippen LogP contribution in [0.25, 0.3) is 0 Å². The summed E-state index contributed by atoms with van der Waals surface area (Å²) in [5.41, 5.74) is 2.58. The van der Waals surface area contributed by atoms with E-state index in [1.54, 1.807) is 0 Å². The van der Waals surface area contributed by atoms with Crippen molar-refractivity contribution >= 4 is 28.7 Å². The first-order valence-corrected chi connectivity index (χ1v) is 8.30. The predicted molar refractivity (Wildman–Crippen MR) is 83.9 cm³/mol. The average Bonchev–Trinajstić information content (AvgIpc) is 2.78. The van der Waals surface area contributed by atoms with Crippen molar-refractivity contribution in [3.05, 3.63) is 11.3 Å². The summed E-state index contributed by atoms with van der Waals surface area (Å²) >= 11 is 1.81. The van der Waals surface area contributed by atoms with Gasteiger partial charge in [-0.1, -0.05) is 25.6 Å². The lowest BCUT2D eigenvalue weighted by Gasteiger charge is -2.38. The predicted octanol–water partition coefficient (Wildman–Crippen LogP) is 2.63. The summed E-state index contributed by atoms with van der Waals surface area (Å²) in [7, 11) is 0. The van der Waals surface area contributed by atoms with Crippen molar-refractivity contribution in [2.75, 3.05) is 13.1 Å². The molecule has 0 unspecified atom stereocenters. The number of nitrogens with zero attached hydrogens (tertiary/aromatic N) is 5. The van der Waals surface area contributed by atoms with E-state index in [1.165, 1.54) is 24.1 Å². The van der Waals surface area contributed by atoms with Crippen LogP contribution in [0.1, 0.15) is 39.5 Å². The van der Waals surface area contributed by atoms with Gasteiger partial charge < -0.3 is 0 Å². The number of allylic oxidation sites excluding steroid dienone is 1. The van der Waals surface area contributed by atoms with Gasteiger partial charge in [0.25, 0.3) is 5.96 Å². The van der Waals surface area contributed by atoms with Crippen LogP contribution < -0.4 is 0 Å². The van der Waals surface area contributed by atoms with E-state index in [9.17, 15) is 0 Å². The molecule has 4 aliphatic rings. The summed E-state index contributed by atoms with van der Waals surface area (Å²) in [6, 6.07) is 0. The van der Waals surface area contributed by atoms with Gasteiger partial charge in [-0.3, -0.25) is 10.0 Å². The third kappa shape index (κ3) is 1.81. The van der Waals surface area contributed by atoms with Gasteiger partial charge in [0.1, 0.15) is 0 Å². The van der Waals surface area contributed by atoms with Gasteiger partial charge in [0.15, 0.2) is 11.0 Å². The maximum Gasteiger partial charge on any atom is 0.253 e. The van der Waals surface area contributed by atoms with E-state index < -0.39 is 0 Å². The van der Waals surface area contributed by atoms with Crippen molar-refractivity contribution in [3.8, 4) is 0 Å². The molecule has 0 fully saturated rings. The Bertz CT molecular complexity index is 572. The van der Waals surface area contributed by atoms with Crippen LogP contribution in [0.5, 0.6) is 0 Å². The van der Waals surface area contributed by atoms with Crippen molar-refractivity contribution in [1.29, 1.82) is 0 Å². The molecule has 3 heterocycles. The minimum atomic E-state index is 0.528. The fraction of sp³-hybridized carbons (Fsp3) is 0.643. The third-order valence-corrected chi connectivity index (χ3v) is 4.89. The number of aliphatic imine (C=N–C) groups is 3. The van der Waals surface area contributed by atoms with Crippen LogP contribution in [0.3, 0.4) is 0 Å². The minimum absolute atomic E-state index is 0.528. The molecule has 4 rings (SSSR count). The van der Waals surface area contributed by atoms with Crippen LogP contribution >= 0.6 is 11.8 Å². The Morgan fingerprint density at radius 2 is 2.00 bits per heavy atom. The van der Waals surface area contributed by atoms with Crippen molar-refractivity contribution < 1.29 is 0 Å². The molecule has 106 valence electrons. The molecule has 6 heteroatoms. The molecule has 0 aromatic heterocycles. The van der Waals surface area contributed by atoms with Crippen molar-refractivity contribution in [1.82, 2.24) is 10.0 Å². The fourth-order valence-electron chi connectivity index (χ4n) is 3.07. The number of hydrazine groups is 1. The molecule has 0 saturated carbocycles. The van der Waals surface area contributed by atoms with Gasteiger partial charge >= 0.3 is 0 Å². The second-order valence-corrected chi connectivity index (χ2v) is 7.29. The highest BCUT2D eigenvalue weighted by Crippen LogP contribution is 2.36. The third-order valence-electron chi connectivity index (χ3n) is 3.91. The molecule has 5 nitrogen and oxygen atoms in total. The monoisotopic (exact) mass is 289 g/mol. The molecule has 0 aromatic carbocycles. The summed E-state index contributed by atoms with van der Waals surface area (Å²) in [6.45, 7) is 6.17. The smallest absolute Gasteiger partial charge is 0.253 e. The second-order valence-electron chi connectivity index (χ2n) is 5.75. The van der Waals surface area contributed by atoms with Crippen molar-refractivity contribution in [2.24, 2.45) is 15.0 Å². The van der Waals surface area contributed by atoms with Crippen LogP contribution in [-0.4, -0.2) is 45.3 Å². The first-order chi connectivity index (χ1) is 9.74. The van der Waals surface area contributed by atoms with E-state index in [0.29, 0.717) is 5.25 Å². The average molecular weight is 289 g/mol. The second kappa shape index (κ2) is 4.62. The lowest BCUT2D eigenvalue weighted by Crippen LogP contribution is -2.52. The van der Waals surface area contributed by atoms with Gasteiger partial charge in [0, 0.05) is 10.8 Å². The van der Waals surface area contributed by atoms with E-state index in [2.05, 4.69) is 23.9 Å². The van der Waals surface area contributed by atoms with E-state index >= 15 is 0 Å². The molecule has 20 heavy (non-hydrogen) atoms. The fourth-order valence-corrected chi connectivity index (χ4v) is 3.93. The molecule has 0 amide bonds. The van der Waals surface area contributed by atoms with Gasteiger partial charge in [-0.05, 0) is 25.7 Å². The number of fused-ring (bicyclic) bond motifs is 1. The highest BCUT2D eigenvalue weighted by Gasteiger charge is 2.41. The Kier molecular flexibility index (Phi) is 2.87. The van der Waals surface area contributed by atoms with Crippen LogP contribution in [-0.2, 0) is 0 Å². The van der Waals surface area contributed by atoms with Crippen LogP contribution in [0.4, 0.5) is 0 Å². The van der Waals surface area contributed by atoms with Crippen molar-refractivity contribution in [3.63, 3.8) is 0 Å². The molecule has 0 aromatic rings. The lowest BCUT2D eigenvalue weighted by molar-refractivity contribution is 0.225. The Hall–Kier alpha value is -1.30. The molecular formula is C14H19N5S. The van der Waals surface area contributed by atoms with Gasteiger partial charge in [0.05, 0.1) is 18.8 Å². The normalized spacial score (nSPS) is 24.4. The molecule has 0 radical (unpaired) electrons. The van der Waals surface area contributed by atoms with Crippen molar-refractivity contribution in [2.45, 2.75) is 44.8 Å². The first kappa shape index (κ1) is 12.4. The Balaban J connectivity index is 1.77. The zero-order valence-electron chi connectivity index (χ0n) is 12.0. The van der Waals surface area contributed by atoms with E-state index in [-0.39, 0.29) is 0 Å². The molecular weight excluding hydrogens is 270 g/mol. The summed E-state index contributed by atoms with van der Waals surface area (Å²) in [6.07, 6.45) is 4.69. The summed E-state index contributed by atoms with van der Waals surface area (Å²) < 4.78 is 0. The van der Waals surface area contributed by atoms with Gasteiger partial charge in [-0.25, -0.2) is 4.99 Å². The number of hydrogen-bond acceptors (Lipinski definition) is 6. The summed E-state index contributed by atoms with van der Waals surface area (Å²) in [5.74, 6) is 1.94. The van der Waals surface area contributed by atoms with Crippen LogP contribution in [0.2, 0.25) is 0 Å². The number of amidine groups is 2. The number of hydrogen-bond donors (Lipinski definition) is 0. The number of rotatable bonds is 1. The molecule has 1 aliphatic carbocycles. The maximum absolute atomic E-state index is 4.80. The lowest BCUT2D eigenvalue weighted by atomic mass is 9.94. The number of thioether (sulfide) groups is 1. The Morgan fingerprint density at radius 1 is 1.15 bits per heavy atom. The molecule has 0 spiro atoms. The zero-order valence-corrected chi connectivity index (χ0v) is 12.8. The Labute approximate surface area is 123 Å². The van der Waals surface area contributed by atoms with E-state index in [1.807, 2.05) is 11.8 Å². The maximum atomic E-state index is 4.80. The molecule has 0 bridgehead atoms. The van der Waals surface area contributed by atoms with Gasteiger partial charge in [-0.2, -0.15) is 10.0 Å². The van der Waals surface area contributed by atoms with E-state index in [4.69, 9.17) is 15.0 Å². The largest absolute Gasteiger partial charge is 0.264 e. The molecule has 0 saturated heterocycles. The topological polar surface area (TPSA) is 43.6 Å². The Morgan fingerprint density at radius 3 is 2.85 bits per heavy atom. The zero-order chi connectivity index (χ0) is 13.7.